The van der Waals surface area contributed by atoms with Crippen molar-refractivity contribution in [3.63, 3.8) is 0 Å². The van der Waals surface area contributed by atoms with Gasteiger partial charge in [0.2, 0.25) is 0 Å². The minimum atomic E-state index is -0.549. The number of nitrogens with one attached hydrogen (secondary N) is 1. The third-order valence-electron chi connectivity index (χ3n) is 3.20. The number of aromatic nitrogens is 3. The molecule has 0 amide bonds. The maximum absolute atomic E-state index is 12.1. The van der Waals surface area contributed by atoms with Crippen molar-refractivity contribution in [2.75, 3.05) is 5.32 Å². The molecule has 0 bridgehead atoms. The van der Waals surface area contributed by atoms with Crippen LogP contribution in [0.25, 0.3) is 10.8 Å². The average Bonchev–Trinajstić information content (AvgIpc) is 2.98. The summed E-state index contributed by atoms with van der Waals surface area (Å²) < 4.78 is 6.70. The molecule has 0 saturated heterocycles. The van der Waals surface area contributed by atoms with Gasteiger partial charge in [-0.15, -0.1) is 10.2 Å². The van der Waals surface area contributed by atoms with Crippen LogP contribution >= 0.6 is 11.6 Å². The predicted octanol–water partition coefficient (Wildman–Crippen LogP) is 4.61. The number of anilines is 2. The lowest BCUT2D eigenvalue weighted by Gasteiger charge is -2.19. The topological polar surface area (TPSA) is 69.0 Å². The van der Waals surface area contributed by atoms with Crippen molar-refractivity contribution >= 4 is 40.0 Å². The number of carbonyl (C=O) groups excluding carboxylic acids is 1. The van der Waals surface area contributed by atoms with Crippen molar-refractivity contribution in [3.05, 3.63) is 47.9 Å². The minimum absolute atomic E-state index is 0.350. The summed E-state index contributed by atoms with van der Waals surface area (Å²) in [5.41, 5.74) is 0.148. The van der Waals surface area contributed by atoms with Gasteiger partial charge >= 0.3 is 6.09 Å². The van der Waals surface area contributed by atoms with Gasteiger partial charge < -0.3 is 10.1 Å². The zero-order valence-corrected chi connectivity index (χ0v) is 14.3. The first-order valence-electron chi connectivity index (χ1n) is 7.43. The summed E-state index contributed by atoms with van der Waals surface area (Å²) in [4.78, 5) is 12.1. The van der Waals surface area contributed by atoms with Gasteiger partial charge in [-0.05, 0) is 26.8 Å². The molecule has 0 fully saturated rings. The molecule has 124 valence electrons. The first-order chi connectivity index (χ1) is 11.3. The number of ether oxygens (including phenoxy) is 1. The molecule has 7 heteroatoms. The molecule has 1 aromatic carbocycles. The van der Waals surface area contributed by atoms with Gasteiger partial charge in [0, 0.05) is 23.2 Å². The smallest absolute Gasteiger partial charge is 0.418 e. The SMILES string of the molecule is CC(C)(C)OC(=O)n1ccc(Nc2nnc(Cl)c3ccccc23)c1. The molecule has 0 aliphatic rings. The van der Waals surface area contributed by atoms with E-state index in [1.54, 1.807) is 18.5 Å². The van der Waals surface area contributed by atoms with Gasteiger partial charge in [0.25, 0.3) is 0 Å². The van der Waals surface area contributed by atoms with Crippen molar-refractivity contribution in [3.8, 4) is 0 Å². The zero-order valence-electron chi connectivity index (χ0n) is 13.6. The molecule has 2 heterocycles. The molecule has 0 atom stereocenters. The summed E-state index contributed by atoms with van der Waals surface area (Å²) in [5, 5.41) is 13.2. The molecule has 0 saturated carbocycles. The standard InChI is InChI=1S/C17H17ClN4O2/c1-17(2,3)24-16(23)22-9-8-11(10-22)19-15-13-7-5-4-6-12(13)14(18)20-21-15/h4-10H,1-3H3,(H,19,21). The Bertz CT molecular complexity index is 899. The van der Waals surface area contributed by atoms with E-state index in [0.29, 0.717) is 16.7 Å². The van der Waals surface area contributed by atoms with E-state index in [4.69, 9.17) is 16.3 Å². The molecule has 24 heavy (non-hydrogen) atoms. The van der Waals surface area contributed by atoms with Crippen LogP contribution in [-0.4, -0.2) is 26.5 Å². The molecular formula is C17H17ClN4O2. The van der Waals surface area contributed by atoms with Gasteiger partial charge in [0.1, 0.15) is 5.60 Å². The third-order valence-corrected chi connectivity index (χ3v) is 3.48. The first-order valence-corrected chi connectivity index (χ1v) is 7.80. The van der Waals surface area contributed by atoms with E-state index in [0.717, 1.165) is 10.8 Å². The van der Waals surface area contributed by atoms with Crippen LogP contribution in [0.5, 0.6) is 0 Å². The molecule has 2 aromatic heterocycles. The molecule has 0 aliphatic heterocycles. The highest BCUT2D eigenvalue weighted by molar-refractivity contribution is 6.34. The van der Waals surface area contributed by atoms with E-state index >= 15 is 0 Å². The van der Waals surface area contributed by atoms with Gasteiger partial charge in [-0.2, -0.15) is 0 Å². The van der Waals surface area contributed by atoms with E-state index < -0.39 is 11.7 Å². The molecular weight excluding hydrogens is 328 g/mol. The normalized spacial score (nSPS) is 11.5. The predicted molar refractivity (Wildman–Crippen MR) is 93.9 cm³/mol. The zero-order chi connectivity index (χ0) is 17.3. The largest absolute Gasteiger partial charge is 0.443 e. The summed E-state index contributed by atoms with van der Waals surface area (Å²) in [7, 11) is 0. The Balaban J connectivity index is 1.86. The lowest BCUT2D eigenvalue weighted by atomic mass is 10.2. The molecule has 6 nitrogen and oxygen atoms in total. The summed E-state index contributed by atoms with van der Waals surface area (Å²) >= 11 is 6.07. The minimum Gasteiger partial charge on any atom is -0.443 e. The summed E-state index contributed by atoms with van der Waals surface area (Å²) in [6.45, 7) is 5.47. The van der Waals surface area contributed by atoms with E-state index in [-0.39, 0.29) is 0 Å². The Kier molecular flexibility index (Phi) is 4.15. The summed E-state index contributed by atoms with van der Waals surface area (Å²) in [6, 6.07) is 9.33. The molecule has 0 aliphatic carbocycles. The fourth-order valence-corrected chi connectivity index (χ4v) is 2.40. The number of halogens is 1. The molecule has 1 N–H and O–H groups in total. The molecule has 3 rings (SSSR count). The second-order valence-corrected chi connectivity index (χ2v) is 6.66. The number of hydrogen-bond acceptors (Lipinski definition) is 5. The molecule has 0 spiro atoms. The number of fused-ring (bicyclic) bond motifs is 1. The third kappa shape index (κ3) is 3.49. The van der Waals surface area contributed by atoms with Crippen LogP contribution in [0, 0.1) is 0 Å². The van der Waals surface area contributed by atoms with Crippen molar-refractivity contribution in [2.24, 2.45) is 0 Å². The molecule has 0 radical (unpaired) electrons. The van der Waals surface area contributed by atoms with Crippen molar-refractivity contribution in [1.29, 1.82) is 0 Å². The maximum atomic E-state index is 12.1. The lowest BCUT2D eigenvalue weighted by Crippen LogP contribution is -2.26. The Hall–Kier alpha value is -2.60. The fraction of sp³-hybridized carbons (Fsp3) is 0.235. The van der Waals surface area contributed by atoms with Gasteiger partial charge in [-0.3, -0.25) is 4.57 Å². The number of hydrogen-bond donors (Lipinski definition) is 1. The van der Waals surface area contributed by atoms with E-state index in [2.05, 4.69) is 15.5 Å². The number of carbonyl (C=O) groups is 1. The van der Waals surface area contributed by atoms with Crippen LogP contribution in [0.1, 0.15) is 20.8 Å². The van der Waals surface area contributed by atoms with Crippen molar-refractivity contribution < 1.29 is 9.53 Å². The Morgan fingerprint density at radius 2 is 1.88 bits per heavy atom. The quantitative estimate of drug-likeness (QED) is 0.735. The van der Waals surface area contributed by atoms with Crippen LogP contribution < -0.4 is 5.32 Å². The van der Waals surface area contributed by atoms with E-state index in [1.807, 2.05) is 45.0 Å². The Labute approximate surface area is 144 Å². The van der Waals surface area contributed by atoms with Crippen LogP contribution in [0.2, 0.25) is 5.15 Å². The van der Waals surface area contributed by atoms with Crippen LogP contribution in [-0.2, 0) is 4.74 Å². The van der Waals surface area contributed by atoms with Crippen LogP contribution in [0.4, 0.5) is 16.3 Å². The molecule has 0 unspecified atom stereocenters. The van der Waals surface area contributed by atoms with E-state index in [9.17, 15) is 4.79 Å². The average molecular weight is 345 g/mol. The van der Waals surface area contributed by atoms with Gasteiger partial charge in [0.05, 0.1) is 5.69 Å². The first kappa shape index (κ1) is 16.3. The van der Waals surface area contributed by atoms with Crippen LogP contribution in [0.15, 0.2) is 42.7 Å². The second kappa shape index (κ2) is 6.13. The monoisotopic (exact) mass is 344 g/mol. The highest BCUT2D eigenvalue weighted by Crippen LogP contribution is 2.27. The van der Waals surface area contributed by atoms with Gasteiger partial charge in [0.15, 0.2) is 11.0 Å². The van der Waals surface area contributed by atoms with Gasteiger partial charge in [-0.1, -0.05) is 35.9 Å². The maximum Gasteiger partial charge on any atom is 0.418 e. The number of nitrogens with zero attached hydrogens (tertiary/aromatic N) is 3. The van der Waals surface area contributed by atoms with Gasteiger partial charge in [-0.25, -0.2) is 4.79 Å². The van der Waals surface area contributed by atoms with Crippen molar-refractivity contribution in [2.45, 2.75) is 26.4 Å². The van der Waals surface area contributed by atoms with Crippen molar-refractivity contribution in [1.82, 2.24) is 14.8 Å². The Morgan fingerprint density at radius 3 is 2.58 bits per heavy atom. The molecule has 3 aromatic rings. The lowest BCUT2D eigenvalue weighted by molar-refractivity contribution is 0.0537. The van der Waals surface area contributed by atoms with Crippen LogP contribution in [0.3, 0.4) is 0 Å². The van der Waals surface area contributed by atoms with E-state index in [1.165, 1.54) is 4.57 Å². The summed E-state index contributed by atoms with van der Waals surface area (Å²) in [6.07, 6.45) is 2.82. The number of rotatable bonds is 2. The fourth-order valence-electron chi connectivity index (χ4n) is 2.20. The highest BCUT2D eigenvalue weighted by atomic mass is 35.5. The Morgan fingerprint density at radius 1 is 1.17 bits per heavy atom. The summed E-state index contributed by atoms with van der Waals surface area (Å²) in [5.74, 6) is 0.567. The second-order valence-electron chi connectivity index (χ2n) is 6.30. The highest BCUT2D eigenvalue weighted by Gasteiger charge is 2.18. The number of benzene rings is 1.